The fraction of sp³-hybridized carbons (Fsp3) is 0.480. The van der Waals surface area contributed by atoms with Crippen LogP contribution in [0.1, 0.15) is 56.5 Å². The maximum Gasteiger partial charge on any atom is 0.410 e. The Bertz CT molecular complexity index is 959. The molecule has 34 heavy (non-hydrogen) atoms. The monoisotopic (exact) mass is 536 g/mol. The molecule has 9 heteroatoms. The number of amides is 1. The highest BCUT2D eigenvalue weighted by atomic mass is 79.9. The van der Waals surface area contributed by atoms with E-state index in [1.807, 2.05) is 52.0 Å². The van der Waals surface area contributed by atoms with E-state index in [0.717, 1.165) is 11.3 Å². The van der Waals surface area contributed by atoms with Crippen molar-refractivity contribution in [3.8, 4) is 11.6 Å². The normalized spacial score (nSPS) is 12.0. The van der Waals surface area contributed by atoms with Gasteiger partial charge in [-0.3, -0.25) is 0 Å². The molecule has 0 N–H and O–H groups in total. The van der Waals surface area contributed by atoms with Crippen LogP contribution in [0, 0.1) is 0 Å². The lowest BCUT2D eigenvalue weighted by Gasteiger charge is -2.32. The lowest BCUT2D eigenvalue weighted by Crippen LogP contribution is -2.41. The number of hydrogen-bond donors (Lipinski definition) is 0. The summed E-state index contributed by atoms with van der Waals surface area (Å²) in [7, 11) is 2.92. The van der Waals surface area contributed by atoms with E-state index in [1.54, 1.807) is 24.3 Å². The van der Waals surface area contributed by atoms with Crippen molar-refractivity contribution in [3.05, 3.63) is 52.1 Å². The molecule has 0 aliphatic carbocycles. The number of benzene rings is 1. The predicted octanol–water partition coefficient (Wildman–Crippen LogP) is 5.62. The summed E-state index contributed by atoms with van der Waals surface area (Å²) in [5.74, 6) is 0.448. The highest BCUT2D eigenvalue weighted by molar-refractivity contribution is 9.10. The summed E-state index contributed by atoms with van der Waals surface area (Å²) in [5.41, 5.74) is 0.617. The van der Waals surface area contributed by atoms with Crippen LogP contribution >= 0.6 is 15.9 Å². The van der Waals surface area contributed by atoms with Crippen LogP contribution in [0.3, 0.4) is 0 Å². The Morgan fingerprint density at radius 2 is 1.82 bits per heavy atom. The molecule has 0 aliphatic rings. The third-order valence-electron chi connectivity index (χ3n) is 4.90. The molecule has 0 fully saturated rings. The minimum absolute atomic E-state index is 0.112. The highest BCUT2D eigenvalue weighted by Crippen LogP contribution is 2.22. The van der Waals surface area contributed by atoms with Gasteiger partial charge in [0.25, 0.3) is 0 Å². The number of nitrogens with zero attached hydrogens (tertiary/aromatic N) is 2. The Morgan fingerprint density at radius 1 is 1.15 bits per heavy atom. The van der Waals surface area contributed by atoms with E-state index in [0.29, 0.717) is 30.5 Å². The highest BCUT2D eigenvalue weighted by Gasteiger charge is 2.26. The van der Waals surface area contributed by atoms with Crippen molar-refractivity contribution in [1.29, 1.82) is 0 Å². The molecule has 1 atom stereocenters. The topological polar surface area (TPSA) is 87.2 Å². The van der Waals surface area contributed by atoms with Crippen molar-refractivity contribution in [2.24, 2.45) is 0 Å². The van der Waals surface area contributed by atoms with Crippen molar-refractivity contribution in [3.63, 3.8) is 0 Å². The van der Waals surface area contributed by atoms with Crippen LogP contribution in [0.15, 0.2) is 41.0 Å². The van der Waals surface area contributed by atoms with E-state index in [-0.39, 0.29) is 23.6 Å². The largest absolute Gasteiger partial charge is 0.497 e. The minimum Gasteiger partial charge on any atom is -0.497 e. The van der Waals surface area contributed by atoms with E-state index in [9.17, 15) is 9.59 Å². The third kappa shape index (κ3) is 8.52. The zero-order valence-corrected chi connectivity index (χ0v) is 22.2. The van der Waals surface area contributed by atoms with Gasteiger partial charge in [0, 0.05) is 23.3 Å². The molecule has 1 heterocycles. The van der Waals surface area contributed by atoms with Crippen molar-refractivity contribution in [2.75, 3.05) is 20.8 Å². The molecule has 0 bridgehead atoms. The van der Waals surface area contributed by atoms with Crippen LogP contribution in [-0.2, 0) is 16.0 Å². The van der Waals surface area contributed by atoms with E-state index in [2.05, 4.69) is 20.9 Å². The average Bonchev–Trinajstić information content (AvgIpc) is 2.79. The number of aromatic nitrogens is 1. The summed E-state index contributed by atoms with van der Waals surface area (Å²) >= 11 is 3.30. The number of carbonyl (C=O) groups excluding carboxylic acids is 2. The van der Waals surface area contributed by atoms with Gasteiger partial charge >= 0.3 is 12.1 Å². The fourth-order valence-corrected chi connectivity index (χ4v) is 3.48. The first-order valence-electron chi connectivity index (χ1n) is 11.0. The minimum atomic E-state index is -0.602. The number of carbonyl (C=O) groups is 2. The average molecular weight is 537 g/mol. The van der Waals surface area contributed by atoms with Crippen LogP contribution in [0.2, 0.25) is 0 Å². The molecular weight excluding hydrogens is 504 g/mol. The maximum absolute atomic E-state index is 12.9. The lowest BCUT2D eigenvalue weighted by molar-refractivity contribution is 0.0142. The van der Waals surface area contributed by atoms with Gasteiger partial charge in [0.15, 0.2) is 0 Å². The van der Waals surface area contributed by atoms with Crippen molar-refractivity contribution in [2.45, 2.75) is 58.7 Å². The molecule has 1 aromatic carbocycles. The van der Waals surface area contributed by atoms with Gasteiger partial charge in [-0.1, -0.05) is 12.1 Å². The molecule has 0 radical (unpaired) electrons. The van der Waals surface area contributed by atoms with Crippen LogP contribution < -0.4 is 9.47 Å². The molecule has 186 valence electrons. The number of esters is 1. The van der Waals surface area contributed by atoms with Gasteiger partial charge < -0.3 is 23.8 Å². The Hall–Kier alpha value is -2.81. The predicted molar refractivity (Wildman–Crippen MR) is 132 cm³/mol. The molecule has 1 unspecified atom stereocenters. The van der Waals surface area contributed by atoms with Gasteiger partial charge in [-0.25, -0.2) is 14.6 Å². The molecule has 0 saturated carbocycles. The number of hydrogen-bond acceptors (Lipinski definition) is 7. The Morgan fingerprint density at radius 3 is 2.41 bits per heavy atom. The number of halogens is 1. The summed E-state index contributed by atoms with van der Waals surface area (Å²) in [6, 6.07) is 9.09. The summed E-state index contributed by atoms with van der Waals surface area (Å²) in [4.78, 5) is 30.8. The fourth-order valence-electron chi connectivity index (χ4n) is 3.15. The first-order valence-corrected chi connectivity index (χ1v) is 11.8. The van der Waals surface area contributed by atoms with Gasteiger partial charge in [-0.15, -0.1) is 0 Å². The molecule has 1 aromatic heterocycles. The quantitative estimate of drug-likeness (QED) is 0.287. The molecule has 2 aromatic rings. The molecule has 0 saturated heterocycles. The van der Waals surface area contributed by atoms with Gasteiger partial charge in [0.2, 0.25) is 5.88 Å². The molecule has 0 aliphatic heterocycles. The Labute approximate surface area is 209 Å². The van der Waals surface area contributed by atoms with E-state index in [1.165, 1.54) is 7.11 Å². The smallest absolute Gasteiger partial charge is 0.410 e. The van der Waals surface area contributed by atoms with Crippen LogP contribution in [0.5, 0.6) is 11.6 Å². The molecule has 2 rings (SSSR count). The van der Waals surface area contributed by atoms with Crippen molar-refractivity contribution in [1.82, 2.24) is 9.88 Å². The molecule has 8 nitrogen and oxygen atoms in total. The van der Waals surface area contributed by atoms with E-state index < -0.39 is 11.6 Å². The van der Waals surface area contributed by atoms with Crippen molar-refractivity contribution >= 4 is 28.0 Å². The second-order valence-corrected chi connectivity index (χ2v) is 9.71. The molecule has 1 amide bonds. The zero-order valence-electron chi connectivity index (χ0n) is 20.6. The molecule has 0 spiro atoms. The van der Waals surface area contributed by atoms with Gasteiger partial charge in [0.05, 0.1) is 20.8 Å². The number of rotatable bonds is 10. The van der Waals surface area contributed by atoms with Crippen LogP contribution in [0.25, 0.3) is 0 Å². The Kier molecular flexibility index (Phi) is 10.2. The third-order valence-corrected chi connectivity index (χ3v) is 5.33. The molecular formula is C25H33BrN2O6. The van der Waals surface area contributed by atoms with E-state index >= 15 is 0 Å². The first-order chi connectivity index (χ1) is 16.0. The summed E-state index contributed by atoms with van der Waals surface area (Å²) in [6.07, 6.45) is 2.49. The van der Waals surface area contributed by atoms with Crippen LogP contribution in [-0.4, -0.2) is 54.4 Å². The maximum atomic E-state index is 12.9. The first kappa shape index (κ1) is 27.4. The van der Waals surface area contributed by atoms with Crippen molar-refractivity contribution < 1.29 is 28.5 Å². The number of pyridine rings is 1. The summed E-state index contributed by atoms with van der Waals surface area (Å²) in [5, 5.41) is 0. The second kappa shape index (κ2) is 12.6. The zero-order chi connectivity index (χ0) is 25.3. The van der Waals surface area contributed by atoms with E-state index in [4.69, 9.17) is 18.9 Å². The van der Waals surface area contributed by atoms with Gasteiger partial charge in [0.1, 0.15) is 16.9 Å². The SMILES string of the molecule is COC(=O)c1cc(Br)cnc1OCCCC(C)N(Cc1ccc(OC)cc1)C(=O)OC(C)(C)C. The standard InChI is InChI=1S/C25H33BrN2O6/c1-17(8-7-13-33-22-21(23(29)32-6)14-19(26)15-27-22)28(24(30)34-25(2,3)4)16-18-9-11-20(31-5)12-10-18/h9-12,14-15,17H,7-8,13,16H2,1-6H3. The van der Waals surface area contributed by atoms with Gasteiger partial charge in [-0.05, 0) is 80.2 Å². The Balaban J connectivity index is 2.03. The summed E-state index contributed by atoms with van der Waals surface area (Å²) in [6.45, 7) is 8.25. The second-order valence-electron chi connectivity index (χ2n) is 8.79. The van der Waals surface area contributed by atoms with Crippen LogP contribution in [0.4, 0.5) is 4.79 Å². The number of ether oxygens (including phenoxy) is 4. The van der Waals surface area contributed by atoms with Gasteiger partial charge in [-0.2, -0.15) is 0 Å². The summed E-state index contributed by atoms with van der Waals surface area (Å²) < 4.78 is 22.1. The lowest BCUT2D eigenvalue weighted by atomic mass is 10.1. The number of methoxy groups -OCH3 is 2.